The molecule has 17 aromatic rings. The molecule has 0 bridgehead atoms. The first-order valence-electron chi connectivity index (χ1n) is 31.0. The summed E-state index contributed by atoms with van der Waals surface area (Å²) in [5, 5.41) is 16.9. The standard InChI is InChI=1S/C88H58N2/c1-2-16-59(17-3-1)63-42-49-78(50-43-63)90(88-82-28-14-10-24-72(82)56-73-25-11-15-29-83(73)88)85-53-46-68-21-9-13-27-81(68)87(85)75-39-36-66-34-37-71(55-76(66)57-75)65-32-30-62(31-33-65)64-40-47-77(48-41-64)89(79-51-44-61-19-5-7-23-70(61)58-79)84-52-45-67-20-8-12-26-80(67)86(84)74-38-35-60-18-4-6-22-69(60)54-74/h1-58H. The van der Waals surface area contributed by atoms with Crippen LogP contribution in [0.2, 0.25) is 0 Å². The number of nitrogens with zero attached hydrogens (tertiary/aromatic N) is 2. The molecule has 0 saturated heterocycles. The van der Waals surface area contributed by atoms with Gasteiger partial charge in [-0.05, 0) is 182 Å². The second-order valence-electron chi connectivity index (χ2n) is 23.6. The first-order valence-corrected chi connectivity index (χ1v) is 31.0. The van der Waals surface area contributed by atoms with Gasteiger partial charge in [0.25, 0.3) is 0 Å². The Balaban J connectivity index is 0.746. The largest absolute Gasteiger partial charge is 0.310 e. The lowest BCUT2D eigenvalue weighted by atomic mass is 9.91. The fraction of sp³-hybridized carbons (Fsp3) is 0. The summed E-state index contributed by atoms with van der Waals surface area (Å²) in [6.07, 6.45) is 0. The van der Waals surface area contributed by atoms with Crippen LogP contribution in [0.4, 0.5) is 34.1 Å². The normalized spacial score (nSPS) is 11.6. The Labute approximate surface area is 523 Å². The van der Waals surface area contributed by atoms with Gasteiger partial charge in [0.2, 0.25) is 0 Å². The van der Waals surface area contributed by atoms with Gasteiger partial charge in [-0.1, -0.05) is 279 Å². The second kappa shape index (κ2) is 22.1. The summed E-state index contributed by atoms with van der Waals surface area (Å²) in [6.45, 7) is 0. The molecule has 0 amide bonds. The fourth-order valence-electron chi connectivity index (χ4n) is 13.9. The Bertz CT molecular complexity index is 5540. The molecule has 0 aliphatic carbocycles. The molecule has 0 aliphatic rings. The van der Waals surface area contributed by atoms with Crippen molar-refractivity contribution in [2.24, 2.45) is 0 Å². The molecule has 90 heavy (non-hydrogen) atoms. The molecular formula is C88H58N2. The zero-order valence-electron chi connectivity index (χ0n) is 49.4. The fourth-order valence-corrected chi connectivity index (χ4v) is 13.9. The maximum absolute atomic E-state index is 2.52. The lowest BCUT2D eigenvalue weighted by Crippen LogP contribution is -2.12. The number of hydrogen-bond acceptors (Lipinski definition) is 2. The predicted molar refractivity (Wildman–Crippen MR) is 386 cm³/mol. The van der Waals surface area contributed by atoms with Gasteiger partial charge in [-0.15, -0.1) is 0 Å². The van der Waals surface area contributed by atoms with Crippen LogP contribution in [0.15, 0.2) is 352 Å². The summed E-state index contributed by atoms with van der Waals surface area (Å²) in [6, 6.07) is 130. The van der Waals surface area contributed by atoms with Gasteiger partial charge in [0.05, 0.1) is 17.1 Å². The maximum atomic E-state index is 2.52. The summed E-state index contributed by atoms with van der Waals surface area (Å²) in [5.74, 6) is 0. The van der Waals surface area contributed by atoms with E-state index < -0.39 is 0 Å². The highest BCUT2D eigenvalue weighted by Crippen LogP contribution is 2.51. The molecular weight excluding hydrogens is 1080 g/mol. The van der Waals surface area contributed by atoms with Gasteiger partial charge >= 0.3 is 0 Å². The topological polar surface area (TPSA) is 6.48 Å². The lowest BCUT2D eigenvalue weighted by molar-refractivity contribution is 1.29. The van der Waals surface area contributed by atoms with E-state index in [2.05, 4.69) is 362 Å². The van der Waals surface area contributed by atoms with Crippen molar-refractivity contribution in [3.63, 3.8) is 0 Å². The third kappa shape index (κ3) is 9.38. The van der Waals surface area contributed by atoms with Crippen LogP contribution >= 0.6 is 0 Å². The number of hydrogen-bond donors (Lipinski definition) is 0. The van der Waals surface area contributed by atoms with E-state index in [1.54, 1.807) is 0 Å². The van der Waals surface area contributed by atoms with Gasteiger partial charge in [0.1, 0.15) is 0 Å². The van der Waals surface area contributed by atoms with Crippen LogP contribution in [0.5, 0.6) is 0 Å². The predicted octanol–water partition coefficient (Wildman–Crippen LogP) is 25.0. The molecule has 0 saturated carbocycles. The minimum Gasteiger partial charge on any atom is -0.310 e. The zero-order chi connectivity index (χ0) is 59.5. The highest BCUT2D eigenvalue weighted by molar-refractivity contribution is 6.17. The van der Waals surface area contributed by atoms with Crippen molar-refractivity contribution in [3.8, 4) is 55.6 Å². The highest BCUT2D eigenvalue weighted by atomic mass is 15.2. The third-order valence-electron chi connectivity index (χ3n) is 18.3. The molecule has 2 nitrogen and oxygen atoms in total. The van der Waals surface area contributed by atoms with Crippen molar-refractivity contribution >= 4 is 110 Å². The molecule has 0 fully saturated rings. The lowest BCUT2D eigenvalue weighted by Gasteiger charge is -2.31. The van der Waals surface area contributed by atoms with E-state index in [1.165, 1.54) is 114 Å². The van der Waals surface area contributed by atoms with Crippen molar-refractivity contribution in [2.75, 3.05) is 9.80 Å². The van der Waals surface area contributed by atoms with Crippen molar-refractivity contribution in [1.29, 1.82) is 0 Å². The monoisotopic (exact) mass is 1140 g/mol. The van der Waals surface area contributed by atoms with E-state index in [4.69, 9.17) is 0 Å². The molecule has 0 heterocycles. The molecule has 2 heteroatoms. The van der Waals surface area contributed by atoms with Gasteiger partial charge in [-0.3, -0.25) is 0 Å². The number of benzene rings is 17. The molecule has 17 rings (SSSR count). The highest BCUT2D eigenvalue weighted by Gasteiger charge is 2.25. The van der Waals surface area contributed by atoms with Crippen LogP contribution in [0.3, 0.4) is 0 Å². The Hall–Kier alpha value is -11.8. The summed E-state index contributed by atoms with van der Waals surface area (Å²) in [5.41, 5.74) is 18.4. The average molecular weight is 1140 g/mol. The van der Waals surface area contributed by atoms with Crippen molar-refractivity contribution in [1.82, 2.24) is 0 Å². The van der Waals surface area contributed by atoms with Crippen molar-refractivity contribution < 1.29 is 0 Å². The van der Waals surface area contributed by atoms with Crippen LogP contribution in [0.1, 0.15) is 0 Å². The van der Waals surface area contributed by atoms with Crippen LogP contribution in [-0.4, -0.2) is 0 Å². The van der Waals surface area contributed by atoms with E-state index in [1.807, 2.05) is 0 Å². The molecule has 17 aromatic carbocycles. The molecule has 0 N–H and O–H groups in total. The molecule has 420 valence electrons. The zero-order valence-corrected chi connectivity index (χ0v) is 49.4. The van der Waals surface area contributed by atoms with E-state index in [-0.39, 0.29) is 0 Å². The van der Waals surface area contributed by atoms with Gasteiger partial charge < -0.3 is 9.80 Å². The first kappa shape index (κ1) is 52.5. The SMILES string of the molecule is c1ccc(-c2ccc(N(c3ccc4ccccc4c3-c3ccc4ccc(-c5ccc(-c6ccc(N(c7ccc8ccccc8c7)c7ccc8ccccc8c7-c7ccc8ccccc8c7)cc6)cc5)cc4c3)c3c4ccccc4cc4ccccc34)cc2)cc1. The first-order chi connectivity index (χ1) is 44.6. The number of rotatable bonds is 11. The Kier molecular flexibility index (Phi) is 12.9. The van der Waals surface area contributed by atoms with Gasteiger partial charge in [-0.25, -0.2) is 0 Å². The van der Waals surface area contributed by atoms with E-state index >= 15 is 0 Å². The van der Waals surface area contributed by atoms with Crippen LogP contribution in [0.25, 0.3) is 131 Å². The van der Waals surface area contributed by atoms with Gasteiger partial charge in [-0.2, -0.15) is 0 Å². The quantitative estimate of drug-likeness (QED) is 0.119. The number of fused-ring (bicyclic) bond motifs is 7. The summed E-state index contributed by atoms with van der Waals surface area (Å²) >= 11 is 0. The molecule has 0 radical (unpaired) electrons. The average Bonchev–Trinajstić information content (AvgIpc) is 0.818. The Morgan fingerprint density at radius 1 is 0.156 bits per heavy atom. The van der Waals surface area contributed by atoms with E-state index in [9.17, 15) is 0 Å². The van der Waals surface area contributed by atoms with Gasteiger partial charge in [0, 0.05) is 39.0 Å². The van der Waals surface area contributed by atoms with Crippen LogP contribution < -0.4 is 9.80 Å². The molecule has 0 unspecified atom stereocenters. The minimum atomic E-state index is 1.08. The van der Waals surface area contributed by atoms with Crippen LogP contribution in [-0.2, 0) is 0 Å². The molecule has 0 spiro atoms. The molecule has 0 aliphatic heterocycles. The van der Waals surface area contributed by atoms with E-state index in [0.29, 0.717) is 0 Å². The van der Waals surface area contributed by atoms with Crippen molar-refractivity contribution in [3.05, 3.63) is 352 Å². The van der Waals surface area contributed by atoms with E-state index in [0.717, 1.165) is 50.8 Å². The van der Waals surface area contributed by atoms with Crippen molar-refractivity contribution in [2.45, 2.75) is 0 Å². The Morgan fingerprint density at radius 2 is 0.478 bits per heavy atom. The number of anilines is 6. The summed E-state index contributed by atoms with van der Waals surface area (Å²) in [7, 11) is 0. The minimum absolute atomic E-state index is 1.08. The second-order valence-corrected chi connectivity index (χ2v) is 23.6. The van der Waals surface area contributed by atoms with Crippen LogP contribution in [0, 0.1) is 0 Å². The maximum Gasteiger partial charge on any atom is 0.0618 e. The Morgan fingerprint density at radius 3 is 1.02 bits per heavy atom. The van der Waals surface area contributed by atoms with Gasteiger partial charge in [0.15, 0.2) is 0 Å². The summed E-state index contributed by atoms with van der Waals surface area (Å²) in [4.78, 5) is 4.96. The molecule has 0 aromatic heterocycles. The smallest absolute Gasteiger partial charge is 0.0618 e. The third-order valence-corrected chi connectivity index (χ3v) is 18.3. The molecule has 0 atom stereocenters. The summed E-state index contributed by atoms with van der Waals surface area (Å²) < 4.78 is 0.